The van der Waals surface area contributed by atoms with Gasteiger partial charge in [-0.2, -0.15) is 13.2 Å². The molecule has 0 spiro atoms. The molecule has 0 aliphatic heterocycles. The number of aromatic nitrogens is 1. The number of hydrogen-bond donors (Lipinski definition) is 2. The van der Waals surface area contributed by atoms with Gasteiger partial charge in [0.05, 0.1) is 17.0 Å². The van der Waals surface area contributed by atoms with Crippen molar-refractivity contribution in [2.24, 2.45) is 0 Å². The zero-order valence-corrected chi connectivity index (χ0v) is 25.4. The summed E-state index contributed by atoms with van der Waals surface area (Å²) in [6, 6.07) is 2.60. The van der Waals surface area contributed by atoms with Crippen LogP contribution in [0.3, 0.4) is 0 Å². The van der Waals surface area contributed by atoms with Crippen molar-refractivity contribution in [3.63, 3.8) is 0 Å². The summed E-state index contributed by atoms with van der Waals surface area (Å²) in [6.07, 6.45) is -4.94. The van der Waals surface area contributed by atoms with Gasteiger partial charge in [0.2, 0.25) is 0 Å². The normalized spacial score (nSPS) is 14.8. The van der Waals surface area contributed by atoms with Gasteiger partial charge in [-0.1, -0.05) is 22.0 Å². The summed E-state index contributed by atoms with van der Waals surface area (Å²) in [7, 11) is 1.48. The van der Waals surface area contributed by atoms with E-state index in [1.807, 2.05) is 0 Å². The van der Waals surface area contributed by atoms with Crippen molar-refractivity contribution in [3.8, 4) is 0 Å². The topological polar surface area (TPSA) is 101 Å². The highest BCUT2D eigenvalue weighted by Crippen LogP contribution is 2.44. The average Bonchev–Trinajstić information content (AvgIpc) is 3.29. The fourth-order valence-corrected chi connectivity index (χ4v) is 5.77. The van der Waals surface area contributed by atoms with E-state index in [2.05, 4.69) is 26.2 Å². The lowest BCUT2D eigenvalue weighted by Gasteiger charge is -2.44. The van der Waals surface area contributed by atoms with Crippen LogP contribution >= 0.6 is 27.3 Å². The molecule has 8 nitrogen and oxygen atoms in total. The number of rotatable bonds is 9. The molecule has 1 aromatic heterocycles. The number of benzene rings is 1. The standard InChI is InChI=1S/C26H35BrF3N3O5S/c1-23(2,3)33(22(35)36)15-19(32-21(34)38-24(4,5)6)25(10-12-37-7,20-31-11-13-39-20)16-8-9-17(18(27)14-16)26(28,29)30/h8-9,11,13-14,19H,10,12,15H2,1-7H3,(H,32,34)(H,35,36)/t19-,25+/m1/s1. The number of carbonyl (C=O) groups excluding carboxylic acids is 1. The fraction of sp³-hybridized carbons (Fsp3) is 0.577. The van der Waals surface area contributed by atoms with Gasteiger partial charge in [0, 0.05) is 41.8 Å². The van der Waals surface area contributed by atoms with Crippen molar-refractivity contribution in [1.29, 1.82) is 0 Å². The van der Waals surface area contributed by atoms with E-state index in [1.54, 1.807) is 53.1 Å². The molecule has 0 saturated carbocycles. The first-order valence-corrected chi connectivity index (χ1v) is 13.8. The maximum Gasteiger partial charge on any atom is 0.417 e. The number of halogens is 4. The number of alkyl carbamates (subject to hydrolysis) is 1. The molecule has 2 atom stereocenters. The van der Waals surface area contributed by atoms with Gasteiger partial charge in [0.1, 0.15) is 10.6 Å². The SMILES string of the molecule is COCC[C@@](c1ccc(C(F)(F)F)c(Br)c1)(c1nccs1)[C@@H](CN(C(=O)O)C(C)(C)C)NC(=O)OC(C)(C)C. The van der Waals surface area contributed by atoms with Crippen LogP contribution in [-0.4, -0.2) is 64.6 Å². The first-order valence-electron chi connectivity index (χ1n) is 12.1. The largest absolute Gasteiger partial charge is 0.465 e. The molecule has 0 bridgehead atoms. The fourth-order valence-electron chi connectivity index (χ4n) is 4.22. The Balaban J connectivity index is 2.88. The monoisotopic (exact) mass is 637 g/mol. The second-order valence-electron chi connectivity index (χ2n) is 11.0. The molecule has 0 fully saturated rings. The van der Waals surface area contributed by atoms with Crippen molar-refractivity contribution in [2.75, 3.05) is 20.3 Å². The third-order valence-corrected chi connectivity index (χ3v) is 7.60. The second-order valence-corrected chi connectivity index (χ2v) is 12.8. The number of nitrogens with one attached hydrogen (secondary N) is 1. The van der Waals surface area contributed by atoms with Gasteiger partial charge < -0.3 is 24.8 Å². The molecule has 0 unspecified atom stereocenters. The van der Waals surface area contributed by atoms with Crippen molar-refractivity contribution < 1.29 is 37.3 Å². The van der Waals surface area contributed by atoms with Crippen molar-refractivity contribution >= 4 is 39.5 Å². The molecule has 2 aromatic rings. The quantitative estimate of drug-likeness (QED) is 0.310. The number of hydrogen-bond acceptors (Lipinski definition) is 6. The van der Waals surface area contributed by atoms with Crippen LogP contribution in [0.15, 0.2) is 34.2 Å². The predicted molar refractivity (Wildman–Crippen MR) is 146 cm³/mol. The Hall–Kier alpha value is -2.38. The number of thiazole rings is 1. The summed E-state index contributed by atoms with van der Waals surface area (Å²) < 4.78 is 51.6. The van der Waals surface area contributed by atoms with E-state index >= 15 is 0 Å². The zero-order chi connectivity index (χ0) is 29.8. The average molecular weight is 639 g/mol. The Morgan fingerprint density at radius 2 is 1.82 bits per heavy atom. The van der Waals surface area contributed by atoms with E-state index < -0.39 is 46.5 Å². The maximum absolute atomic E-state index is 13.6. The molecule has 1 heterocycles. The summed E-state index contributed by atoms with van der Waals surface area (Å²) in [5.74, 6) is 0. The number of carboxylic acid groups (broad SMARTS) is 1. The summed E-state index contributed by atoms with van der Waals surface area (Å²) in [4.78, 5) is 31.2. The number of methoxy groups -OCH3 is 1. The minimum Gasteiger partial charge on any atom is -0.465 e. The predicted octanol–water partition coefficient (Wildman–Crippen LogP) is 6.92. The molecule has 0 saturated heterocycles. The van der Waals surface area contributed by atoms with Crippen LogP contribution in [-0.2, 0) is 21.1 Å². The van der Waals surface area contributed by atoms with Gasteiger partial charge in [-0.25, -0.2) is 14.6 Å². The van der Waals surface area contributed by atoms with E-state index in [0.29, 0.717) is 10.6 Å². The van der Waals surface area contributed by atoms with Crippen LogP contribution < -0.4 is 5.32 Å². The van der Waals surface area contributed by atoms with Gasteiger partial charge in [-0.05, 0) is 65.7 Å². The van der Waals surface area contributed by atoms with E-state index in [9.17, 15) is 27.9 Å². The van der Waals surface area contributed by atoms with Crippen molar-refractivity contribution in [3.05, 3.63) is 50.4 Å². The summed E-state index contributed by atoms with van der Waals surface area (Å²) in [6.45, 7) is 10.1. The van der Waals surface area contributed by atoms with Gasteiger partial charge in [-0.3, -0.25) is 0 Å². The van der Waals surface area contributed by atoms with E-state index in [-0.39, 0.29) is 24.0 Å². The van der Waals surface area contributed by atoms with E-state index in [4.69, 9.17) is 9.47 Å². The Kier molecular flexibility index (Phi) is 10.5. The highest BCUT2D eigenvalue weighted by Gasteiger charge is 2.48. The molecule has 2 N–H and O–H groups in total. The highest BCUT2D eigenvalue weighted by molar-refractivity contribution is 9.10. The first kappa shape index (κ1) is 32.8. The van der Waals surface area contributed by atoms with E-state index in [0.717, 1.165) is 6.07 Å². The lowest BCUT2D eigenvalue weighted by atomic mass is 9.71. The molecule has 2 rings (SSSR count). The summed E-state index contributed by atoms with van der Waals surface area (Å²) >= 11 is 4.31. The zero-order valence-electron chi connectivity index (χ0n) is 23.0. The van der Waals surface area contributed by atoms with Crippen LogP contribution in [0.2, 0.25) is 0 Å². The smallest absolute Gasteiger partial charge is 0.417 e. The first-order chi connectivity index (χ1) is 17.8. The van der Waals surface area contributed by atoms with E-state index in [1.165, 1.54) is 35.5 Å². The van der Waals surface area contributed by atoms with Crippen LogP contribution in [0.4, 0.5) is 22.8 Å². The van der Waals surface area contributed by atoms with Crippen molar-refractivity contribution in [1.82, 2.24) is 15.2 Å². The lowest BCUT2D eigenvalue weighted by molar-refractivity contribution is -0.138. The Bertz CT molecular complexity index is 1130. The molecule has 0 radical (unpaired) electrons. The van der Waals surface area contributed by atoms with Gasteiger partial charge in [0.15, 0.2) is 0 Å². The Morgan fingerprint density at radius 1 is 1.18 bits per heavy atom. The molecule has 2 amide bonds. The molecule has 0 aliphatic rings. The molecular weight excluding hydrogens is 603 g/mol. The number of carbonyl (C=O) groups is 2. The molecular formula is C26H35BrF3N3O5S. The van der Waals surface area contributed by atoms with Gasteiger partial charge in [0.25, 0.3) is 0 Å². The summed E-state index contributed by atoms with van der Waals surface area (Å²) in [5.41, 5.74) is -3.53. The molecule has 218 valence electrons. The number of ether oxygens (including phenoxy) is 2. The van der Waals surface area contributed by atoms with Crippen LogP contribution in [0, 0.1) is 0 Å². The molecule has 13 heteroatoms. The minimum absolute atomic E-state index is 0.132. The highest BCUT2D eigenvalue weighted by atomic mass is 79.9. The van der Waals surface area contributed by atoms with Crippen LogP contribution in [0.25, 0.3) is 0 Å². The molecule has 39 heavy (non-hydrogen) atoms. The third-order valence-electron chi connectivity index (χ3n) is 6.00. The maximum atomic E-state index is 13.6. The van der Waals surface area contributed by atoms with Crippen LogP contribution in [0.5, 0.6) is 0 Å². The molecule has 0 aliphatic carbocycles. The molecule has 1 aromatic carbocycles. The minimum atomic E-state index is -4.60. The lowest BCUT2D eigenvalue weighted by Crippen LogP contribution is -2.60. The number of nitrogens with zero attached hydrogens (tertiary/aromatic N) is 2. The van der Waals surface area contributed by atoms with Gasteiger partial charge in [-0.15, -0.1) is 11.3 Å². The summed E-state index contributed by atoms with van der Waals surface area (Å²) in [5, 5.41) is 15.1. The number of amides is 2. The third kappa shape index (κ3) is 8.31. The van der Waals surface area contributed by atoms with Crippen LogP contribution in [0.1, 0.15) is 64.1 Å². The second kappa shape index (κ2) is 12.4. The Morgan fingerprint density at radius 3 is 2.26 bits per heavy atom. The van der Waals surface area contributed by atoms with Crippen molar-refractivity contribution in [2.45, 2.75) is 76.7 Å². The van der Waals surface area contributed by atoms with Gasteiger partial charge >= 0.3 is 18.4 Å². The Labute approximate surface area is 239 Å². The number of alkyl halides is 3.